The Morgan fingerprint density at radius 2 is 1.48 bits per heavy atom. The van der Waals surface area contributed by atoms with Crippen LogP contribution in [0.5, 0.6) is 0 Å². The van der Waals surface area contributed by atoms with E-state index in [-0.39, 0.29) is 11.6 Å². The van der Waals surface area contributed by atoms with Crippen molar-refractivity contribution in [1.82, 2.24) is 0 Å². The van der Waals surface area contributed by atoms with Gasteiger partial charge in [-0.25, -0.2) is 8.78 Å². The van der Waals surface area contributed by atoms with Gasteiger partial charge in [0.1, 0.15) is 11.6 Å². The van der Waals surface area contributed by atoms with Crippen molar-refractivity contribution in [1.29, 1.82) is 0 Å². The molecule has 0 aliphatic heterocycles. The summed E-state index contributed by atoms with van der Waals surface area (Å²) in [6.45, 7) is 2.19. The topological polar surface area (TPSA) is 0 Å². The number of halogens is 3. The first-order valence-electron chi connectivity index (χ1n) is 11.8. The molecule has 0 amide bonds. The lowest BCUT2D eigenvalue weighted by Crippen LogP contribution is -1.96. The largest absolute Gasteiger partial charge is 0.206 e. The Morgan fingerprint density at radius 3 is 2.24 bits per heavy atom. The van der Waals surface area contributed by atoms with Gasteiger partial charge in [0.05, 0.1) is 0 Å². The molecule has 4 aromatic carbocycles. The number of hydrogen-bond acceptors (Lipinski definition) is 0. The van der Waals surface area contributed by atoms with Crippen molar-refractivity contribution in [3.05, 3.63) is 106 Å². The Bertz CT molecular complexity index is 1230. The van der Waals surface area contributed by atoms with Crippen LogP contribution in [0.3, 0.4) is 0 Å². The summed E-state index contributed by atoms with van der Waals surface area (Å²) in [6.07, 6.45) is 6.93. The maximum atomic E-state index is 15.2. The van der Waals surface area contributed by atoms with Crippen LogP contribution in [-0.2, 0) is 19.3 Å². The number of aryl methyl sites for hydroxylation is 3. The van der Waals surface area contributed by atoms with E-state index in [0.29, 0.717) is 28.0 Å². The van der Waals surface area contributed by atoms with E-state index >= 15 is 4.39 Å². The molecule has 0 N–H and O–H groups in total. The van der Waals surface area contributed by atoms with Crippen LogP contribution in [0.1, 0.15) is 49.3 Å². The SMILES string of the molecule is CCCCCCc1ccc(-c2ccc3c(F)c(CCc4ccc(Cl)cc4)ccc3c2)c(F)c1. The third-order valence-electron chi connectivity index (χ3n) is 6.29. The zero-order chi connectivity index (χ0) is 23.2. The second kappa shape index (κ2) is 10.9. The summed E-state index contributed by atoms with van der Waals surface area (Å²) in [5.41, 5.74) is 4.17. The van der Waals surface area contributed by atoms with Gasteiger partial charge in [-0.1, -0.05) is 86.3 Å². The molecule has 3 heteroatoms. The summed E-state index contributed by atoms with van der Waals surface area (Å²) in [6, 6.07) is 22.4. The fourth-order valence-corrected chi connectivity index (χ4v) is 4.46. The first kappa shape index (κ1) is 23.4. The molecule has 0 radical (unpaired) electrons. The lowest BCUT2D eigenvalue weighted by Gasteiger charge is -2.10. The van der Waals surface area contributed by atoms with Gasteiger partial charge in [0.25, 0.3) is 0 Å². The van der Waals surface area contributed by atoms with Gasteiger partial charge >= 0.3 is 0 Å². The third-order valence-corrected chi connectivity index (χ3v) is 6.55. The zero-order valence-corrected chi connectivity index (χ0v) is 19.8. The summed E-state index contributed by atoms with van der Waals surface area (Å²) in [5, 5.41) is 2.05. The molecular formula is C30H29ClF2. The first-order valence-corrected chi connectivity index (χ1v) is 12.2. The van der Waals surface area contributed by atoms with E-state index in [0.717, 1.165) is 41.3 Å². The summed E-state index contributed by atoms with van der Waals surface area (Å²) in [7, 11) is 0. The van der Waals surface area contributed by atoms with E-state index < -0.39 is 0 Å². The predicted octanol–water partition coefficient (Wildman–Crippen LogP) is 9.35. The van der Waals surface area contributed by atoms with Gasteiger partial charge in [0.15, 0.2) is 0 Å². The summed E-state index contributed by atoms with van der Waals surface area (Å²) >= 11 is 5.94. The highest BCUT2D eigenvalue weighted by atomic mass is 35.5. The highest BCUT2D eigenvalue weighted by Gasteiger charge is 2.11. The molecular weight excluding hydrogens is 434 g/mol. The maximum absolute atomic E-state index is 15.2. The normalized spacial score (nSPS) is 11.3. The lowest BCUT2D eigenvalue weighted by atomic mass is 9.96. The molecule has 0 spiro atoms. The lowest BCUT2D eigenvalue weighted by molar-refractivity contribution is 0.620. The van der Waals surface area contributed by atoms with E-state index in [9.17, 15) is 4.39 Å². The second-order valence-corrected chi connectivity index (χ2v) is 9.16. The van der Waals surface area contributed by atoms with Gasteiger partial charge in [-0.15, -0.1) is 0 Å². The quantitative estimate of drug-likeness (QED) is 0.217. The summed E-state index contributed by atoms with van der Waals surface area (Å²) < 4.78 is 30.0. The number of unbranched alkanes of at least 4 members (excludes halogenated alkanes) is 3. The minimum atomic E-state index is -0.220. The Morgan fingerprint density at radius 1 is 0.697 bits per heavy atom. The summed E-state index contributed by atoms with van der Waals surface area (Å²) in [5.74, 6) is -0.418. The van der Waals surface area contributed by atoms with E-state index in [1.807, 2.05) is 60.7 Å². The van der Waals surface area contributed by atoms with Crippen molar-refractivity contribution >= 4 is 22.4 Å². The number of rotatable bonds is 9. The molecule has 0 nitrogen and oxygen atoms in total. The van der Waals surface area contributed by atoms with Gasteiger partial charge in [0, 0.05) is 16.0 Å². The van der Waals surface area contributed by atoms with Crippen LogP contribution in [0.2, 0.25) is 5.02 Å². The van der Waals surface area contributed by atoms with Gasteiger partial charge in [0.2, 0.25) is 0 Å². The molecule has 0 aliphatic carbocycles. The van der Waals surface area contributed by atoms with Crippen molar-refractivity contribution in [3.8, 4) is 11.1 Å². The highest BCUT2D eigenvalue weighted by molar-refractivity contribution is 6.30. The molecule has 0 atom stereocenters. The molecule has 0 bridgehead atoms. The van der Waals surface area contributed by atoms with Crippen LogP contribution in [0.25, 0.3) is 21.9 Å². The fraction of sp³-hybridized carbons (Fsp3) is 0.267. The first-order chi connectivity index (χ1) is 16.0. The Hall–Kier alpha value is -2.71. The van der Waals surface area contributed by atoms with Crippen LogP contribution in [0.4, 0.5) is 8.78 Å². The molecule has 4 aromatic rings. The molecule has 0 aromatic heterocycles. The number of fused-ring (bicyclic) bond motifs is 1. The van der Waals surface area contributed by atoms with E-state index in [1.54, 1.807) is 12.1 Å². The average molecular weight is 463 g/mol. The summed E-state index contributed by atoms with van der Waals surface area (Å²) in [4.78, 5) is 0. The van der Waals surface area contributed by atoms with Crippen molar-refractivity contribution in [3.63, 3.8) is 0 Å². The fourth-order valence-electron chi connectivity index (χ4n) is 4.33. The molecule has 170 valence electrons. The van der Waals surface area contributed by atoms with Crippen LogP contribution < -0.4 is 0 Å². The van der Waals surface area contributed by atoms with Crippen LogP contribution in [-0.4, -0.2) is 0 Å². The Labute approximate surface area is 200 Å². The van der Waals surface area contributed by atoms with Gasteiger partial charge < -0.3 is 0 Å². The van der Waals surface area contributed by atoms with E-state index in [4.69, 9.17) is 11.6 Å². The predicted molar refractivity (Wildman–Crippen MR) is 136 cm³/mol. The maximum Gasteiger partial charge on any atom is 0.134 e. The second-order valence-electron chi connectivity index (χ2n) is 8.73. The van der Waals surface area contributed by atoms with Crippen LogP contribution >= 0.6 is 11.6 Å². The van der Waals surface area contributed by atoms with Gasteiger partial charge in [-0.2, -0.15) is 0 Å². The number of hydrogen-bond donors (Lipinski definition) is 0. The van der Waals surface area contributed by atoms with E-state index in [2.05, 4.69) is 6.92 Å². The highest BCUT2D eigenvalue weighted by Crippen LogP contribution is 2.30. The molecule has 0 saturated carbocycles. The van der Waals surface area contributed by atoms with Crippen molar-refractivity contribution in [2.75, 3.05) is 0 Å². The number of benzene rings is 4. The molecule has 0 heterocycles. The molecule has 33 heavy (non-hydrogen) atoms. The monoisotopic (exact) mass is 462 g/mol. The van der Waals surface area contributed by atoms with Crippen molar-refractivity contribution in [2.24, 2.45) is 0 Å². The van der Waals surface area contributed by atoms with Crippen LogP contribution in [0, 0.1) is 11.6 Å². The standard InChI is InChI=1S/C30H29ClF2/c1-2-3-4-5-6-22-10-17-27(29(32)19-22)24-14-18-28-25(20-24)13-12-23(30(28)33)11-7-21-8-15-26(31)16-9-21/h8-10,12-20H,2-7,11H2,1H3. The Balaban J connectivity index is 1.51. The van der Waals surface area contributed by atoms with E-state index in [1.165, 1.54) is 19.3 Å². The molecule has 4 rings (SSSR count). The Kier molecular flexibility index (Phi) is 7.77. The van der Waals surface area contributed by atoms with Gasteiger partial charge in [-0.3, -0.25) is 0 Å². The van der Waals surface area contributed by atoms with Crippen LogP contribution in [0.15, 0.2) is 72.8 Å². The van der Waals surface area contributed by atoms with Gasteiger partial charge in [-0.05, 0) is 77.6 Å². The molecule has 0 fully saturated rings. The molecule has 0 aliphatic rings. The van der Waals surface area contributed by atoms with Crippen molar-refractivity contribution in [2.45, 2.75) is 51.9 Å². The minimum Gasteiger partial charge on any atom is -0.206 e. The zero-order valence-electron chi connectivity index (χ0n) is 19.0. The third kappa shape index (κ3) is 5.81. The molecule has 0 unspecified atom stereocenters. The smallest absolute Gasteiger partial charge is 0.134 e. The molecule has 0 saturated heterocycles. The average Bonchev–Trinajstić information content (AvgIpc) is 2.82. The van der Waals surface area contributed by atoms with Crippen molar-refractivity contribution < 1.29 is 8.78 Å². The minimum absolute atomic E-state index is 0.198.